The quantitative estimate of drug-likeness (QED) is 0.639. The zero-order chi connectivity index (χ0) is 18.5. The van der Waals surface area contributed by atoms with Gasteiger partial charge in [-0.05, 0) is 47.4 Å². The van der Waals surface area contributed by atoms with E-state index in [0.717, 1.165) is 27.5 Å². The van der Waals surface area contributed by atoms with Gasteiger partial charge >= 0.3 is 0 Å². The van der Waals surface area contributed by atoms with Crippen LogP contribution in [-0.4, -0.2) is 10.00 Å². The Morgan fingerprint density at radius 3 is 2.73 bits per heavy atom. The van der Waals surface area contributed by atoms with Gasteiger partial charge in [0.1, 0.15) is 11.5 Å². The summed E-state index contributed by atoms with van der Waals surface area (Å²) >= 11 is 0. The molecule has 1 aliphatic rings. The number of benzene rings is 2. The zero-order valence-corrected chi connectivity index (χ0v) is 15.6. The number of rotatable bonds is 5. The molecule has 26 heavy (non-hydrogen) atoms. The standard InChI is InChI=1S/C22H21O3P/c1-3-8-17-15(4-2)10-7-12-19(23)21(17)22-18-11-6-5-9-16(18)13-14-20(22)25-26-24/h3-9,11-14,23-24,26H,2,10H2,1H3/b8-3-. The Bertz CT molecular complexity index is 965. The van der Waals surface area contributed by atoms with E-state index in [2.05, 4.69) is 6.58 Å². The van der Waals surface area contributed by atoms with Gasteiger partial charge in [0.05, 0.1) is 0 Å². The fraction of sp³-hybridized carbons (Fsp3) is 0.0909. The summed E-state index contributed by atoms with van der Waals surface area (Å²) in [6.07, 6.45) is 10.0. The molecule has 0 amide bonds. The number of aliphatic hydroxyl groups excluding tert-OH is 1. The van der Waals surface area contributed by atoms with Crippen LogP contribution in [0.1, 0.15) is 18.9 Å². The molecule has 4 heteroatoms. The van der Waals surface area contributed by atoms with Gasteiger partial charge in [0.15, 0.2) is 0 Å². The summed E-state index contributed by atoms with van der Waals surface area (Å²) in [5.74, 6) is 0.698. The van der Waals surface area contributed by atoms with Crippen LogP contribution in [0.3, 0.4) is 0 Å². The van der Waals surface area contributed by atoms with Crippen molar-refractivity contribution in [1.29, 1.82) is 0 Å². The lowest BCUT2D eigenvalue weighted by Gasteiger charge is -2.18. The van der Waals surface area contributed by atoms with Crippen molar-refractivity contribution in [2.45, 2.75) is 13.3 Å². The van der Waals surface area contributed by atoms with Gasteiger partial charge in [0.25, 0.3) is 0 Å². The molecule has 0 saturated carbocycles. The third-order valence-corrected chi connectivity index (χ3v) is 4.67. The Labute approximate surface area is 155 Å². The molecule has 1 aliphatic carbocycles. The first-order chi connectivity index (χ1) is 12.7. The predicted molar refractivity (Wildman–Crippen MR) is 110 cm³/mol. The van der Waals surface area contributed by atoms with E-state index < -0.39 is 9.03 Å². The van der Waals surface area contributed by atoms with Crippen molar-refractivity contribution in [1.82, 2.24) is 0 Å². The minimum absolute atomic E-state index is 0.164. The van der Waals surface area contributed by atoms with Crippen LogP contribution in [0.5, 0.6) is 5.75 Å². The first-order valence-electron chi connectivity index (χ1n) is 8.37. The van der Waals surface area contributed by atoms with Crippen LogP contribution in [0.25, 0.3) is 16.3 Å². The highest BCUT2D eigenvalue weighted by atomic mass is 31.1. The molecular weight excluding hydrogens is 343 g/mol. The summed E-state index contributed by atoms with van der Waals surface area (Å²) in [6.45, 7) is 5.87. The maximum Gasteiger partial charge on any atom is 0.212 e. The Morgan fingerprint density at radius 2 is 2.00 bits per heavy atom. The van der Waals surface area contributed by atoms with E-state index >= 15 is 0 Å². The molecule has 2 aromatic rings. The summed E-state index contributed by atoms with van der Waals surface area (Å²) in [4.78, 5) is 9.37. The van der Waals surface area contributed by atoms with Crippen LogP contribution in [0, 0.1) is 0 Å². The van der Waals surface area contributed by atoms with E-state index in [1.54, 1.807) is 6.08 Å². The lowest BCUT2D eigenvalue weighted by molar-refractivity contribution is 0.435. The third kappa shape index (κ3) is 3.37. The second-order valence-electron chi connectivity index (χ2n) is 5.86. The minimum Gasteiger partial charge on any atom is -0.507 e. The van der Waals surface area contributed by atoms with E-state index in [1.165, 1.54) is 0 Å². The molecule has 0 radical (unpaired) electrons. The largest absolute Gasteiger partial charge is 0.507 e. The number of aliphatic hydroxyl groups is 1. The van der Waals surface area contributed by atoms with Gasteiger partial charge < -0.3 is 14.5 Å². The monoisotopic (exact) mass is 364 g/mol. The van der Waals surface area contributed by atoms with Crippen LogP contribution in [-0.2, 0) is 0 Å². The van der Waals surface area contributed by atoms with Crippen molar-refractivity contribution in [3.63, 3.8) is 0 Å². The molecule has 0 bridgehead atoms. The molecule has 0 fully saturated rings. The van der Waals surface area contributed by atoms with E-state index in [4.69, 9.17) is 4.52 Å². The smallest absolute Gasteiger partial charge is 0.212 e. The van der Waals surface area contributed by atoms with Gasteiger partial charge in [-0.3, -0.25) is 0 Å². The predicted octanol–water partition coefficient (Wildman–Crippen LogP) is 6.01. The van der Waals surface area contributed by atoms with Crippen LogP contribution < -0.4 is 4.52 Å². The van der Waals surface area contributed by atoms with Crippen molar-refractivity contribution in [3.8, 4) is 5.75 Å². The van der Waals surface area contributed by atoms with Crippen LogP contribution in [0.4, 0.5) is 0 Å². The Balaban J connectivity index is 2.43. The van der Waals surface area contributed by atoms with Gasteiger partial charge in [-0.25, -0.2) is 0 Å². The zero-order valence-electron chi connectivity index (χ0n) is 14.6. The molecule has 1 atom stereocenters. The van der Waals surface area contributed by atoms with Crippen molar-refractivity contribution >= 4 is 25.4 Å². The lowest BCUT2D eigenvalue weighted by Crippen LogP contribution is -1.99. The maximum atomic E-state index is 10.8. The van der Waals surface area contributed by atoms with Crippen LogP contribution in [0.2, 0.25) is 0 Å². The number of allylic oxidation sites excluding steroid dienone is 8. The Hall–Kier alpha value is -2.61. The van der Waals surface area contributed by atoms with E-state index in [-0.39, 0.29) is 5.76 Å². The summed E-state index contributed by atoms with van der Waals surface area (Å²) in [5, 5.41) is 12.8. The minimum atomic E-state index is -0.682. The van der Waals surface area contributed by atoms with Crippen LogP contribution in [0.15, 0.2) is 90.3 Å². The summed E-state index contributed by atoms with van der Waals surface area (Å²) < 4.78 is 5.52. The molecule has 132 valence electrons. The summed E-state index contributed by atoms with van der Waals surface area (Å²) in [6, 6.07) is 11.7. The molecule has 0 spiro atoms. The molecule has 3 rings (SSSR count). The fourth-order valence-corrected chi connectivity index (χ4v) is 3.51. The SMILES string of the molecule is C=CC1=C(/C=C\C)C(c2c(OPO)ccc3ccccc23)=C(O)C=CC1. The number of hydrogen-bond acceptors (Lipinski definition) is 3. The first kappa shape index (κ1) is 18.2. The van der Waals surface area contributed by atoms with Gasteiger partial charge in [0.2, 0.25) is 9.03 Å². The van der Waals surface area contributed by atoms with E-state index in [9.17, 15) is 10.00 Å². The second-order valence-corrected chi connectivity index (χ2v) is 6.25. The van der Waals surface area contributed by atoms with Gasteiger partial charge in [-0.15, -0.1) is 0 Å². The molecule has 0 aliphatic heterocycles. The van der Waals surface area contributed by atoms with E-state index in [1.807, 2.05) is 67.6 Å². The van der Waals surface area contributed by atoms with Crippen molar-refractivity contribution in [2.75, 3.05) is 0 Å². The molecule has 2 aromatic carbocycles. The van der Waals surface area contributed by atoms with Gasteiger partial charge in [-0.1, -0.05) is 61.2 Å². The van der Waals surface area contributed by atoms with Gasteiger partial charge in [0, 0.05) is 11.1 Å². The van der Waals surface area contributed by atoms with Crippen molar-refractivity contribution in [3.05, 3.63) is 95.8 Å². The van der Waals surface area contributed by atoms with Crippen molar-refractivity contribution in [2.24, 2.45) is 0 Å². The Kier molecular flexibility index (Phi) is 5.72. The van der Waals surface area contributed by atoms with Crippen molar-refractivity contribution < 1.29 is 14.5 Å². The average Bonchev–Trinajstić information content (AvgIpc) is 2.81. The molecule has 1 unspecified atom stereocenters. The molecule has 2 N–H and O–H groups in total. The Morgan fingerprint density at radius 1 is 1.19 bits per heavy atom. The number of hydrogen-bond donors (Lipinski definition) is 2. The topological polar surface area (TPSA) is 49.7 Å². The van der Waals surface area contributed by atoms with Gasteiger partial charge in [-0.2, -0.15) is 0 Å². The summed E-state index contributed by atoms with van der Waals surface area (Å²) in [5.41, 5.74) is 3.36. The highest BCUT2D eigenvalue weighted by Crippen LogP contribution is 2.43. The highest BCUT2D eigenvalue weighted by molar-refractivity contribution is 7.25. The highest BCUT2D eigenvalue weighted by Gasteiger charge is 2.22. The molecular formula is C22H21O3P. The molecule has 0 aromatic heterocycles. The summed E-state index contributed by atoms with van der Waals surface area (Å²) in [7, 11) is -0.682. The average molecular weight is 364 g/mol. The first-order valence-corrected chi connectivity index (χ1v) is 9.23. The molecule has 3 nitrogen and oxygen atoms in total. The third-order valence-electron chi connectivity index (χ3n) is 4.36. The number of fused-ring (bicyclic) bond motifs is 1. The molecule has 0 saturated heterocycles. The van der Waals surface area contributed by atoms with Crippen LogP contribution >= 0.6 is 9.03 Å². The second kappa shape index (κ2) is 8.18. The van der Waals surface area contributed by atoms with E-state index in [0.29, 0.717) is 17.7 Å². The fourth-order valence-electron chi connectivity index (χ4n) is 3.25. The normalized spacial score (nSPS) is 15.5. The maximum absolute atomic E-state index is 10.8. The lowest BCUT2D eigenvalue weighted by atomic mass is 9.88. The molecule has 0 heterocycles.